The SMILES string of the molecule is CNn1c(C)c(C(=O)N[C@H](c2ccc(F)cc2)C2CC2)c2cccc(F)c2c1=O. The first-order valence-corrected chi connectivity index (χ1v) is 9.50. The first kappa shape index (κ1) is 19.1. The first-order valence-electron chi connectivity index (χ1n) is 9.50. The van der Waals surface area contributed by atoms with Crippen LogP contribution in [0.4, 0.5) is 8.78 Å². The Morgan fingerprint density at radius 2 is 1.83 bits per heavy atom. The molecule has 4 rings (SSSR count). The van der Waals surface area contributed by atoms with E-state index in [0.29, 0.717) is 5.69 Å². The Morgan fingerprint density at radius 3 is 2.45 bits per heavy atom. The van der Waals surface area contributed by atoms with Gasteiger partial charge in [0.15, 0.2) is 0 Å². The molecule has 7 heteroatoms. The van der Waals surface area contributed by atoms with E-state index >= 15 is 0 Å². The number of benzene rings is 2. The fraction of sp³-hybridized carbons (Fsp3) is 0.273. The number of carbonyl (C=O) groups excluding carboxylic acids is 1. The van der Waals surface area contributed by atoms with Gasteiger partial charge in [0, 0.05) is 12.4 Å². The number of fused-ring (bicyclic) bond motifs is 1. The smallest absolute Gasteiger partial charge is 0.279 e. The van der Waals surface area contributed by atoms with Crippen LogP contribution in [-0.4, -0.2) is 17.6 Å². The Balaban J connectivity index is 1.81. The topological polar surface area (TPSA) is 63.1 Å². The molecule has 0 spiro atoms. The molecule has 0 aliphatic heterocycles. The van der Waals surface area contributed by atoms with Gasteiger partial charge in [-0.1, -0.05) is 24.3 Å². The maximum atomic E-state index is 14.4. The van der Waals surface area contributed by atoms with E-state index < -0.39 is 17.3 Å². The highest BCUT2D eigenvalue weighted by Gasteiger charge is 2.34. The second kappa shape index (κ2) is 7.31. The lowest BCUT2D eigenvalue weighted by Crippen LogP contribution is -2.35. The van der Waals surface area contributed by atoms with Crippen LogP contribution >= 0.6 is 0 Å². The predicted octanol–water partition coefficient (Wildman–Crippen LogP) is 3.64. The van der Waals surface area contributed by atoms with Crippen molar-refractivity contribution in [3.8, 4) is 0 Å². The zero-order chi connectivity index (χ0) is 20.7. The Kier molecular flexibility index (Phi) is 4.82. The van der Waals surface area contributed by atoms with Gasteiger partial charge >= 0.3 is 0 Å². The zero-order valence-corrected chi connectivity index (χ0v) is 16.1. The van der Waals surface area contributed by atoms with Gasteiger partial charge in [-0.2, -0.15) is 0 Å². The summed E-state index contributed by atoms with van der Waals surface area (Å²) in [4.78, 5) is 26.0. The molecule has 0 saturated heterocycles. The summed E-state index contributed by atoms with van der Waals surface area (Å²) in [6.07, 6.45) is 1.93. The van der Waals surface area contributed by atoms with E-state index in [1.54, 1.807) is 25.1 Å². The van der Waals surface area contributed by atoms with Crippen molar-refractivity contribution in [2.45, 2.75) is 25.8 Å². The van der Waals surface area contributed by atoms with Gasteiger partial charge in [0.2, 0.25) is 0 Å². The van der Waals surface area contributed by atoms with Gasteiger partial charge < -0.3 is 10.7 Å². The van der Waals surface area contributed by atoms with Gasteiger partial charge in [-0.05, 0) is 49.4 Å². The minimum atomic E-state index is -0.678. The Morgan fingerprint density at radius 1 is 1.14 bits per heavy atom. The van der Waals surface area contributed by atoms with Gasteiger partial charge in [0.05, 0.1) is 22.7 Å². The van der Waals surface area contributed by atoms with Crippen LogP contribution in [0.25, 0.3) is 10.8 Å². The van der Waals surface area contributed by atoms with Crippen molar-refractivity contribution in [1.82, 2.24) is 9.99 Å². The standard InChI is InChI=1S/C22H21F2N3O2/c1-12-18(16-4-3-5-17(24)19(16)22(29)27(12)25-2)21(28)26-20(13-6-7-13)14-8-10-15(23)11-9-14/h3-5,8-11,13,20,25H,6-7H2,1-2H3,(H,26,28)/t20-/m0/s1. The van der Waals surface area contributed by atoms with E-state index in [9.17, 15) is 18.4 Å². The second-order valence-corrected chi connectivity index (χ2v) is 7.33. The van der Waals surface area contributed by atoms with Gasteiger partial charge in [0.1, 0.15) is 11.6 Å². The molecule has 0 radical (unpaired) electrons. The molecule has 1 aliphatic carbocycles. The van der Waals surface area contributed by atoms with E-state index in [2.05, 4.69) is 10.7 Å². The molecule has 1 saturated carbocycles. The molecule has 1 amide bonds. The molecule has 0 bridgehead atoms. The van der Waals surface area contributed by atoms with Crippen LogP contribution < -0.4 is 16.3 Å². The van der Waals surface area contributed by atoms with Crippen LogP contribution in [0.15, 0.2) is 47.3 Å². The normalized spacial score (nSPS) is 14.6. The summed E-state index contributed by atoms with van der Waals surface area (Å²) < 4.78 is 28.9. The number of hydrogen-bond acceptors (Lipinski definition) is 3. The molecule has 1 fully saturated rings. The predicted molar refractivity (Wildman–Crippen MR) is 108 cm³/mol. The summed E-state index contributed by atoms with van der Waals surface area (Å²) in [5.41, 5.74) is 3.62. The summed E-state index contributed by atoms with van der Waals surface area (Å²) in [7, 11) is 1.54. The Bertz CT molecular complexity index is 1150. The number of rotatable bonds is 5. The van der Waals surface area contributed by atoms with Crippen LogP contribution in [0, 0.1) is 24.5 Å². The van der Waals surface area contributed by atoms with Gasteiger partial charge in [-0.25, -0.2) is 13.5 Å². The highest BCUT2D eigenvalue weighted by Crippen LogP contribution is 2.41. The van der Waals surface area contributed by atoms with Crippen molar-refractivity contribution in [2.24, 2.45) is 5.92 Å². The average molecular weight is 397 g/mol. The van der Waals surface area contributed by atoms with Crippen molar-refractivity contribution >= 4 is 16.7 Å². The Hall–Kier alpha value is -3.22. The molecule has 2 aromatic carbocycles. The van der Waals surface area contributed by atoms with E-state index in [-0.39, 0.29) is 34.1 Å². The summed E-state index contributed by atoms with van der Waals surface area (Å²) >= 11 is 0. The van der Waals surface area contributed by atoms with Crippen molar-refractivity contribution in [3.05, 3.63) is 81.3 Å². The van der Waals surface area contributed by atoms with Crippen molar-refractivity contribution in [3.63, 3.8) is 0 Å². The van der Waals surface area contributed by atoms with E-state index in [1.165, 1.54) is 36.0 Å². The number of halogens is 2. The van der Waals surface area contributed by atoms with E-state index in [0.717, 1.165) is 18.4 Å². The molecular weight excluding hydrogens is 376 g/mol. The monoisotopic (exact) mass is 397 g/mol. The molecule has 29 heavy (non-hydrogen) atoms. The van der Waals surface area contributed by atoms with Gasteiger partial charge in [0.25, 0.3) is 11.5 Å². The zero-order valence-electron chi connectivity index (χ0n) is 16.1. The summed E-state index contributed by atoms with van der Waals surface area (Å²) in [5.74, 6) is -1.15. The van der Waals surface area contributed by atoms with Crippen LogP contribution in [-0.2, 0) is 0 Å². The summed E-state index contributed by atoms with van der Waals surface area (Å²) in [6, 6.07) is 10.0. The number of nitrogens with one attached hydrogen (secondary N) is 2. The highest BCUT2D eigenvalue weighted by molar-refractivity contribution is 6.08. The van der Waals surface area contributed by atoms with Crippen LogP contribution in [0.1, 0.15) is 40.5 Å². The lowest BCUT2D eigenvalue weighted by Gasteiger charge is -2.22. The minimum Gasteiger partial charge on any atom is -0.345 e. The Labute approximate surface area is 166 Å². The van der Waals surface area contributed by atoms with E-state index in [1.807, 2.05) is 0 Å². The summed E-state index contributed by atoms with van der Waals surface area (Å²) in [5, 5.41) is 3.16. The van der Waals surface area contributed by atoms with Crippen LogP contribution in [0.5, 0.6) is 0 Å². The fourth-order valence-corrected chi connectivity index (χ4v) is 3.86. The number of carbonyl (C=O) groups is 1. The number of amides is 1. The second-order valence-electron chi connectivity index (χ2n) is 7.33. The third-order valence-electron chi connectivity index (χ3n) is 5.46. The first-order chi connectivity index (χ1) is 13.9. The van der Waals surface area contributed by atoms with Crippen LogP contribution in [0.2, 0.25) is 0 Å². The van der Waals surface area contributed by atoms with Crippen LogP contribution in [0.3, 0.4) is 0 Å². The average Bonchev–Trinajstić information content (AvgIpc) is 3.52. The number of aromatic nitrogens is 1. The maximum Gasteiger partial charge on any atom is 0.279 e. The maximum absolute atomic E-state index is 14.4. The number of nitrogens with zero attached hydrogens (tertiary/aromatic N) is 1. The number of pyridine rings is 1. The minimum absolute atomic E-state index is 0.137. The van der Waals surface area contributed by atoms with Gasteiger partial charge in [-0.15, -0.1) is 0 Å². The molecular formula is C22H21F2N3O2. The molecule has 3 aromatic rings. The molecule has 1 aliphatic rings. The third kappa shape index (κ3) is 3.37. The molecule has 1 aromatic heterocycles. The van der Waals surface area contributed by atoms with Crippen molar-refractivity contribution in [2.75, 3.05) is 12.5 Å². The molecule has 1 heterocycles. The fourth-order valence-electron chi connectivity index (χ4n) is 3.86. The molecule has 5 nitrogen and oxygen atoms in total. The third-order valence-corrected chi connectivity index (χ3v) is 5.46. The lowest BCUT2D eigenvalue weighted by atomic mass is 9.99. The quantitative estimate of drug-likeness (QED) is 0.691. The largest absolute Gasteiger partial charge is 0.345 e. The van der Waals surface area contributed by atoms with Gasteiger partial charge in [-0.3, -0.25) is 9.59 Å². The van der Waals surface area contributed by atoms with E-state index in [4.69, 9.17) is 0 Å². The number of hydrogen-bond donors (Lipinski definition) is 2. The molecule has 1 atom stereocenters. The summed E-state index contributed by atoms with van der Waals surface area (Å²) in [6.45, 7) is 1.64. The molecule has 150 valence electrons. The van der Waals surface area contributed by atoms with Crippen molar-refractivity contribution < 1.29 is 13.6 Å². The molecule has 2 N–H and O–H groups in total. The highest BCUT2D eigenvalue weighted by atomic mass is 19.1. The lowest BCUT2D eigenvalue weighted by molar-refractivity contribution is 0.0932. The molecule has 0 unspecified atom stereocenters. The van der Waals surface area contributed by atoms with Crippen molar-refractivity contribution in [1.29, 1.82) is 0 Å².